The molecule has 0 aliphatic carbocycles. The van der Waals surface area contributed by atoms with Gasteiger partial charge in [-0.2, -0.15) is 13.2 Å². The van der Waals surface area contributed by atoms with Crippen LogP contribution in [0.2, 0.25) is 0 Å². The van der Waals surface area contributed by atoms with E-state index in [9.17, 15) is 18.0 Å². The Balaban J connectivity index is 0.000000318. The molecule has 2 aromatic rings. The summed E-state index contributed by atoms with van der Waals surface area (Å²) in [4.78, 5) is 38.6. The third kappa shape index (κ3) is 4.66. The van der Waals surface area contributed by atoms with E-state index in [1.807, 2.05) is 36.4 Å². The largest absolute Gasteiger partial charge is 0.490 e. The first-order valence-electron chi connectivity index (χ1n) is 9.26. The standard InChI is InChI=1S/C17H19N5O.C2HF3O2/c1-12-9-19-17(20-10-12)21-8-6-15-14(21)4-5-16(23)22(15)13-3-2-7-18-11-13;3-2(4,5)1(6)7/h2-3,7,9-11,14-15H,4-6,8H2,1H3;(H,6,7)/t14-,15-;/m0./s1. The Kier molecular flexibility index (Phi) is 6.18. The average Bonchev–Trinajstić information content (AvgIpc) is 3.13. The van der Waals surface area contributed by atoms with E-state index in [2.05, 4.69) is 19.9 Å². The van der Waals surface area contributed by atoms with E-state index in [-0.39, 0.29) is 18.0 Å². The van der Waals surface area contributed by atoms with Crippen molar-refractivity contribution in [2.45, 2.75) is 44.4 Å². The molecule has 160 valence electrons. The van der Waals surface area contributed by atoms with Crippen LogP contribution >= 0.6 is 0 Å². The molecule has 2 fully saturated rings. The van der Waals surface area contributed by atoms with Gasteiger partial charge in [-0.3, -0.25) is 9.78 Å². The third-order valence-corrected chi connectivity index (χ3v) is 4.96. The maximum atomic E-state index is 12.5. The Bertz CT molecular complexity index is 893. The van der Waals surface area contributed by atoms with E-state index in [1.54, 1.807) is 12.4 Å². The second kappa shape index (κ2) is 8.64. The van der Waals surface area contributed by atoms with Crippen LogP contribution in [-0.2, 0) is 9.59 Å². The summed E-state index contributed by atoms with van der Waals surface area (Å²) in [6.07, 6.45) is 4.46. The minimum absolute atomic E-state index is 0.172. The molecule has 8 nitrogen and oxygen atoms in total. The predicted molar refractivity (Wildman–Crippen MR) is 101 cm³/mol. The molecule has 2 atom stereocenters. The van der Waals surface area contributed by atoms with Gasteiger partial charge in [-0.25, -0.2) is 14.8 Å². The van der Waals surface area contributed by atoms with Gasteiger partial charge in [-0.1, -0.05) is 0 Å². The summed E-state index contributed by atoms with van der Waals surface area (Å²) in [5, 5.41) is 7.12. The van der Waals surface area contributed by atoms with Gasteiger partial charge in [0.15, 0.2) is 0 Å². The Morgan fingerprint density at radius 1 is 1.17 bits per heavy atom. The number of rotatable bonds is 2. The van der Waals surface area contributed by atoms with Crippen LogP contribution in [0.4, 0.5) is 24.8 Å². The first kappa shape index (κ1) is 21.5. The van der Waals surface area contributed by atoms with Gasteiger partial charge in [0.05, 0.1) is 24.0 Å². The summed E-state index contributed by atoms with van der Waals surface area (Å²) in [6, 6.07) is 4.28. The predicted octanol–water partition coefficient (Wildman–Crippen LogP) is 2.59. The number of hydrogen-bond donors (Lipinski definition) is 1. The molecule has 1 N–H and O–H groups in total. The lowest BCUT2D eigenvalue weighted by molar-refractivity contribution is -0.192. The number of fused-ring (bicyclic) bond motifs is 1. The number of anilines is 2. The number of aromatic nitrogens is 3. The lowest BCUT2D eigenvalue weighted by atomic mass is 9.96. The first-order chi connectivity index (χ1) is 14.2. The molecule has 0 spiro atoms. The molecule has 11 heteroatoms. The number of piperidine rings is 1. The maximum Gasteiger partial charge on any atom is 0.490 e. The highest BCUT2D eigenvalue weighted by Crippen LogP contribution is 2.35. The van der Waals surface area contributed by atoms with Crippen LogP contribution in [0.15, 0.2) is 36.9 Å². The van der Waals surface area contributed by atoms with Crippen LogP contribution in [0.25, 0.3) is 0 Å². The van der Waals surface area contributed by atoms with Gasteiger partial charge in [0.1, 0.15) is 0 Å². The fourth-order valence-corrected chi connectivity index (χ4v) is 3.68. The molecule has 4 rings (SSSR count). The summed E-state index contributed by atoms with van der Waals surface area (Å²) < 4.78 is 31.7. The Morgan fingerprint density at radius 3 is 2.40 bits per heavy atom. The SMILES string of the molecule is Cc1cnc(N2CC[C@H]3[C@@H]2CCC(=O)N3c2cccnc2)nc1.O=C(O)C(F)(F)F. The number of amides is 1. The van der Waals surface area contributed by atoms with Crippen LogP contribution in [0, 0.1) is 6.92 Å². The molecular formula is C19H20F3N5O3. The number of carboxylic acid groups (broad SMARTS) is 1. The fraction of sp³-hybridized carbons (Fsp3) is 0.421. The number of nitrogens with zero attached hydrogens (tertiary/aromatic N) is 5. The zero-order chi connectivity index (χ0) is 21.9. The summed E-state index contributed by atoms with van der Waals surface area (Å²) >= 11 is 0. The number of carboxylic acids is 1. The highest BCUT2D eigenvalue weighted by atomic mass is 19.4. The molecule has 4 heterocycles. The van der Waals surface area contributed by atoms with Crippen LogP contribution in [0.3, 0.4) is 0 Å². The fourth-order valence-electron chi connectivity index (χ4n) is 3.68. The van der Waals surface area contributed by atoms with E-state index >= 15 is 0 Å². The molecule has 2 aromatic heterocycles. The number of pyridine rings is 1. The number of carbonyl (C=O) groups excluding carboxylic acids is 1. The van der Waals surface area contributed by atoms with E-state index in [4.69, 9.17) is 9.90 Å². The second-order valence-corrected chi connectivity index (χ2v) is 6.99. The summed E-state index contributed by atoms with van der Waals surface area (Å²) in [6.45, 7) is 2.86. The van der Waals surface area contributed by atoms with Crippen molar-refractivity contribution in [2.24, 2.45) is 0 Å². The van der Waals surface area contributed by atoms with E-state index < -0.39 is 12.1 Å². The lowest BCUT2D eigenvalue weighted by Crippen LogP contribution is -2.53. The minimum Gasteiger partial charge on any atom is -0.475 e. The van der Waals surface area contributed by atoms with Crippen molar-refractivity contribution in [2.75, 3.05) is 16.3 Å². The van der Waals surface area contributed by atoms with E-state index in [1.165, 1.54) is 0 Å². The zero-order valence-corrected chi connectivity index (χ0v) is 16.1. The Hall–Kier alpha value is -3.24. The quantitative estimate of drug-likeness (QED) is 0.793. The number of halogens is 3. The summed E-state index contributed by atoms with van der Waals surface area (Å²) in [7, 11) is 0. The van der Waals surface area contributed by atoms with Gasteiger partial charge in [-0.05, 0) is 37.5 Å². The van der Waals surface area contributed by atoms with Gasteiger partial charge < -0.3 is 14.9 Å². The van der Waals surface area contributed by atoms with E-state index in [0.29, 0.717) is 6.42 Å². The van der Waals surface area contributed by atoms with Crippen molar-refractivity contribution in [3.63, 3.8) is 0 Å². The molecule has 0 aromatic carbocycles. The number of aryl methyl sites for hydroxylation is 1. The highest BCUT2D eigenvalue weighted by molar-refractivity contribution is 5.95. The Labute approximate surface area is 170 Å². The molecule has 2 saturated heterocycles. The molecule has 30 heavy (non-hydrogen) atoms. The monoisotopic (exact) mass is 423 g/mol. The normalized spacial score (nSPS) is 21.0. The van der Waals surface area contributed by atoms with Crippen molar-refractivity contribution in [1.82, 2.24) is 15.0 Å². The number of aliphatic carboxylic acids is 1. The van der Waals surface area contributed by atoms with Crippen molar-refractivity contribution in [3.8, 4) is 0 Å². The van der Waals surface area contributed by atoms with Gasteiger partial charge in [0.25, 0.3) is 0 Å². The Morgan fingerprint density at radius 2 is 1.83 bits per heavy atom. The molecule has 1 amide bonds. The molecule has 0 saturated carbocycles. The second-order valence-electron chi connectivity index (χ2n) is 6.99. The van der Waals surface area contributed by atoms with Gasteiger partial charge in [0, 0.05) is 31.6 Å². The third-order valence-electron chi connectivity index (χ3n) is 4.96. The van der Waals surface area contributed by atoms with E-state index in [0.717, 1.165) is 36.6 Å². The van der Waals surface area contributed by atoms with Crippen molar-refractivity contribution < 1.29 is 27.9 Å². The molecule has 0 bridgehead atoms. The molecule has 2 aliphatic heterocycles. The minimum atomic E-state index is -5.08. The van der Waals surface area contributed by atoms with Crippen molar-refractivity contribution >= 4 is 23.5 Å². The first-order valence-corrected chi connectivity index (χ1v) is 9.26. The number of alkyl halides is 3. The summed E-state index contributed by atoms with van der Waals surface area (Å²) in [5.41, 5.74) is 1.94. The molecule has 2 aliphatic rings. The van der Waals surface area contributed by atoms with Crippen molar-refractivity contribution in [1.29, 1.82) is 0 Å². The average molecular weight is 423 g/mol. The van der Waals surface area contributed by atoms with Crippen molar-refractivity contribution in [3.05, 3.63) is 42.5 Å². The van der Waals surface area contributed by atoms with Gasteiger partial charge in [0.2, 0.25) is 11.9 Å². The molecular weight excluding hydrogens is 403 g/mol. The molecule has 0 unspecified atom stereocenters. The summed E-state index contributed by atoms with van der Waals surface area (Å²) in [5.74, 6) is -1.80. The molecule has 0 radical (unpaired) electrons. The smallest absolute Gasteiger partial charge is 0.475 e. The number of carbonyl (C=O) groups is 2. The van der Waals surface area contributed by atoms with Crippen LogP contribution in [0.1, 0.15) is 24.8 Å². The number of hydrogen-bond acceptors (Lipinski definition) is 6. The van der Waals surface area contributed by atoms with Crippen LogP contribution < -0.4 is 9.80 Å². The highest BCUT2D eigenvalue weighted by Gasteiger charge is 2.44. The van der Waals surface area contributed by atoms with Crippen LogP contribution in [-0.4, -0.2) is 56.7 Å². The van der Waals surface area contributed by atoms with Crippen LogP contribution in [0.5, 0.6) is 0 Å². The van der Waals surface area contributed by atoms with Gasteiger partial charge in [-0.15, -0.1) is 0 Å². The lowest BCUT2D eigenvalue weighted by Gasteiger charge is -2.39. The maximum absolute atomic E-state index is 12.5. The zero-order valence-electron chi connectivity index (χ0n) is 16.1. The topological polar surface area (TPSA) is 99.5 Å². The van der Waals surface area contributed by atoms with Gasteiger partial charge >= 0.3 is 12.1 Å².